The maximum absolute atomic E-state index is 13.5. The molecule has 0 spiro atoms. The number of nitrogens with one attached hydrogen (secondary N) is 1. The summed E-state index contributed by atoms with van der Waals surface area (Å²) in [6, 6.07) is 18.7. The van der Waals surface area contributed by atoms with Crippen molar-refractivity contribution in [1.29, 1.82) is 0 Å². The van der Waals surface area contributed by atoms with Crippen LogP contribution >= 0.6 is 0 Å². The number of ether oxygens (including phenoxy) is 2. The van der Waals surface area contributed by atoms with Gasteiger partial charge in [-0.1, -0.05) is 42.5 Å². The van der Waals surface area contributed by atoms with E-state index in [0.29, 0.717) is 22.2 Å². The first-order valence-corrected chi connectivity index (χ1v) is 13.2. The van der Waals surface area contributed by atoms with Crippen molar-refractivity contribution >= 4 is 39.8 Å². The Hall–Kier alpha value is -4.20. The molecule has 1 aromatic heterocycles. The standard InChI is InChI=1S/C32H35FN2O5/c1-31(2,3)39-28(36)18-25(29(37)34-19-20-11-14-22(33)15-12-20)21-13-16-24-23-9-7-8-10-26(23)35(27(24)17-21)30(38)40-32(4,5)6/h7-17,25H,18-19H2,1-6H3,(H,34,37). The molecule has 1 heterocycles. The number of rotatable bonds is 6. The molecule has 40 heavy (non-hydrogen) atoms. The number of hydrogen-bond acceptors (Lipinski definition) is 5. The fourth-order valence-corrected chi connectivity index (χ4v) is 4.53. The Morgan fingerprint density at radius 3 is 2.10 bits per heavy atom. The van der Waals surface area contributed by atoms with Gasteiger partial charge in [0.15, 0.2) is 0 Å². The van der Waals surface area contributed by atoms with Crippen molar-refractivity contribution in [1.82, 2.24) is 9.88 Å². The smallest absolute Gasteiger partial charge is 0.419 e. The fraction of sp³-hybridized carbons (Fsp3) is 0.344. The topological polar surface area (TPSA) is 86.6 Å². The van der Waals surface area contributed by atoms with Crippen molar-refractivity contribution in [2.75, 3.05) is 0 Å². The minimum absolute atomic E-state index is 0.157. The van der Waals surface area contributed by atoms with Gasteiger partial charge in [-0.05, 0) is 76.9 Å². The molecule has 3 aromatic carbocycles. The van der Waals surface area contributed by atoms with E-state index < -0.39 is 35.1 Å². The molecular formula is C32H35FN2O5. The van der Waals surface area contributed by atoms with Crippen LogP contribution in [0.4, 0.5) is 9.18 Å². The lowest BCUT2D eigenvalue weighted by Crippen LogP contribution is -2.32. The zero-order chi connectivity index (χ0) is 29.2. The molecular weight excluding hydrogens is 511 g/mol. The van der Waals surface area contributed by atoms with E-state index in [1.807, 2.05) is 30.3 Å². The molecule has 1 N–H and O–H groups in total. The highest BCUT2D eigenvalue weighted by molar-refractivity contribution is 6.12. The number of esters is 1. The summed E-state index contributed by atoms with van der Waals surface area (Å²) in [5.74, 6) is -2.19. The molecule has 8 heteroatoms. The molecule has 210 valence electrons. The first-order chi connectivity index (χ1) is 18.7. The van der Waals surface area contributed by atoms with E-state index in [9.17, 15) is 18.8 Å². The van der Waals surface area contributed by atoms with Crippen LogP contribution in [0.15, 0.2) is 66.7 Å². The average molecular weight is 547 g/mol. The lowest BCUT2D eigenvalue weighted by Gasteiger charge is -2.23. The van der Waals surface area contributed by atoms with E-state index in [1.54, 1.807) is 65.8 Å². The number of aromatic nitrogens is 1. The van der Waals surface area contributed by atoms with E-state index in [4.69, 9.17) is 9.47 Å². The Morgan fingerprint density at radius 2 is 1.45 bits per heavy atom. The number of nitrogens with zero attached hydrogens (tertiary/aromatic N) is 1. The zero-order valence-corrected chi connectivity index (χ0v) is 23.7. The third kappa shape index (κ3) is 6.86. The second-order valence-corrected chi connectivity index (χ2v) is 11.8. The Bertz CT molecular complexity index is 1560. The highest BCUT2D eigenvalue weighted by atomic mass is 19.1. The third-order valence-electron chi connectivity index (χ3n) is 6.16. The van der Waals surface area contributed by atoms with Crippen LogP contribution in [0.3, 0.4) is 0 Å². The minimum atomic E-state index is -0.898. The first-order valence-electron chi connectivity index (χ1n) is 13.2. The van der Waals surface area contributed by atoms with Gasteiger partial charge in [0.25, 0.3) is 0 Å². The maximum atomic E-state index is 13.5. The number of benzene rings is 3. The van der Waals surface area contributed by atoms with Crippen molar-refractivity contribution < 1.29 is 28.2 Å². The van der Waals surface area contributed by atoms with Gasteiger partial charge in [-0.15, -0.1) is 0 Å². The van der Waals surface area contributed by atoms with Crippen LogP contribution in [0.1, 0.15) is 65.0 Å². The molecule has 7 nitrogen and oxygen atoms in total. The number of para-hydroxylation sites is 1. The molecule has 4 rings (SSSR count). The maximum Gasteiger partial charge on any atom is 0.419 e. The molecule has 0 fully saturated rings. The SMILES string of the molecule is CC(C)(C)OC(=O)CC(C(=O)NCc1ccc(F)cc1)c1ccc2c3ccccc3n(C(=O)OC(C)(C)C)c2c1. The third-order valence-corrected chi connectivity index (χ3v) is 6.16. The molecule has 1 amide bonds. The van der Waals surface area contributed by atoms with Crippen molar-refractivity contribution in [3.05, 3.63) is 83.7 Å². The molecule has 0 radical (unpaired) electrons. The summed E-state index contributed by atoms with van der Waals surface area (Å²) in [6.07, 6.45) is -0.745. The predicted molar refractivity (Wildman–Crippen MR) is 153 cm³/mol. The van der Waals surface area contributed by atoms with Crippen LogP contribution in [0.25, 0.3) is 21.8 Å². The number of fused-ring (bicyclic) bond motifs is 3. The van der Waals surface area contributed by atoms with Crippen LogP contribution in [0.2, 0.25) is 0 Å². The van der Waals surface area contributed by atoms with Crippen LogP contribution in [-0.4, -0.2) is 33.7 Å². The summed E-state index contributed by atoms with van der Waals surface area (Å²) in [4.78, 5) is 39.7. The second kappa shape index (κ2) is 11.1. The molecule has 1 unspecified atom stereocenters. The summed E-state index contributed by atoms with van der Waals surface area (Å²) >= 11 is 0. The second-order valence-electron chi connectivity index (χ2n) is 11.8. The van der Waals surface area contributed by atoms with E-state index >= 15 is 0 Å². The summed E-state index contributed by atoms with van der Waals surface area (Å²) in [7, 11) is 0. The quantitative estimate of drug-likeness (QED) is 0.267. The molecule has 0 aliphatic heterocycles. The van der Waals surface area contributed by atoms with E-state index in [0.717, 1.165) is 10.8 Å². The van der Waals surface area contributed by atoms with Crippen molar-refractivity contribution in [3.8, 4) is 0 Å². The highest BCUT2D eigenvalue weighted by Gasteiger charge is 2.29. The first kappa shape index (κ1) is 28.8. The number of amides is 1. The lowest BCUT2D eigenvalue weighted by molar-refractivity contribution is -0.156. The Balaban J connectivity index is 1.76. The van der Waals surface area contributed by atoms with Gasteiger partial charge in [-0.25, -0.2) is 13.8 Å². The van der Waals surface area contributed by atoms with Crippen molar-refractivity contribution in [2.24, 2.45) is 0 Å². The summed E-state index contributed by atoms with van der Waals surface area (Å²) in [5.41, 5.74) is 1.06. The van der Waals surface area contributed by atoms with Gasteiger partial charge in [-0.2, -0.15) is 0 Å². The normalized spacial score (nSPS) is 12.8. The summed E-state index contributed by atoms with van der Waals surface area (Å²) in [5, 5.41) is 4.53. The van der Waals surface area contributed by atoms with Gasteiger partial charge >= 0.3 is 12.1 Å². The van der Waals surface area contributed by atoms with Crippen LogP contribution in [-0.2, 0) is 25.6 Å². The molecule has 0 aliphatic rings. The molecule has 4 aromatic rings. The molecule has 1 atom stereocenters. The monoisotopic (exact) mass is 546 g/mol. The number of carbonyl (C=O) groups is 3. The van der Waals surface area contributed by atoms with E-state index in [2.05, 4.69) is 5.32 Å². The van der Waals surface area contributed by atoms with Gasteiger partial charge < -0.3 is 14.8 Å². The van der Waals surface area contributed by atoms with Crippen LogP contribution < -0.4 is 5.32 Å². The van der Waals surface area contributed by atoms with Crippen molar-refractivity contribution in [3.63, 3.8) is 0 Å². The molecule has 0 bridgehead atoms. The summed E-state index contributed by atoms with van der Waals surface area (Å²) in [6.45, 7) is 10.8. The predicted octanol–water partition coefficient (Wildman–Crippen LogP) is 6.85. The van der Waals surface area contributed by atoms with Gasteiger partial charge in [-0.3, -0.25) is 9.59 Å². The molecule has 0 saturated heterocycles. The van der Waals surface area contributed by atoms with E-state index in [-0.39, 0.29) is 18.8 Å². The Kier molecular flexibility index (Phi) is 8.00. The number of halogens is 1. The summed E-state index contributed by atoms with van der Waals surface area (Å²) < 4.78 is 26.1. The van der Waals surface area contributed by atoms with Crippen molar-refractivity contribution in [2.45, 2.75) is 71.6 Å². The van der Waals surface area contributed by atoms with E-state index in [1.165, 1.54) is 16.7 Å². The number of carbonyl (C=O) groups excluding carboxylic acids is 3. The van der Waals surface area contributed by atoms with Crippen LogP contribution in [0.5, 0.6) is 0 Å². The molecule has 0 saturated carbocycles. The Morgan fingerprint density at radius 1 is 0.825 bits per heavy atom. The van der Waals surface area contributed by atoms with Gasteiger partial charge in [0.1, 0.15) is 17.0 Å². The number of hydrogen-bond donors (Lipinski definition) is 1. The average Bonchev–Trinajstić information content (AvgIpc) is 3.18. The van der Waals surface area contributed by atoms with Gasteiger partial charge in [0.05, 0.1) is 23.4 Å². The molecule has 0 aliphatic carbocycles. The minimum Gasteiger partial charge on any atom is -0.460 e. The largest absolute Gasteiger partial charge is 0.460 e. The fourth-order valence-electron chi connectivity index (χ4n) is 4.53. The lowest BCUT2D eigenvalue weighted by atomic mass is 9.93. The van der Waals surface area contributed by atoms with Gasteiger partial charge in [0.2, 0.25) is 5.91 Å². The highest BCUT2D eigenvalue weighted by Crippen LogP contribution is 2.33. The van der Waals surface area contributed by atoms with Gasteiger partial charge in [0, 0.05) is 17.3 Å². The Labute approximate surface area is 233 Å². The van der Waals surface area contributed by atoms with Crippen LogP contribution in [0, 0.1) is 5.82 Å². The zero-order valence-electron chi connectivity index (χ0n) is 23.7.